The van der Waals surface area contributed by atoms with Crippen LogP contribution in [0.25, 0.3) is 0 Å². The zero-order valence-electron chi connectivity index (χ0n) is 13.4. The number of rotatable bonds is 1. The predicted octanol–water partition coefficient (Wildman–Crippen LogP) is 3.45. The highest BCUT2D eigenvalue weighted by atomic mass is 16.6. The van der Waals surface area contributed by atoms with Crippen LogP contribution in [0.3, 0.4) is 0 Å². The van der Waals surface area contributed by atoms with Crippen molar-refractivity contribution < 1.29 is 14.3 Å². The van der Waals surface area contributed by atoms with E-state index in [0.29, 0.717) is 12.3 Å². The third-order valence-electron chi connectivity index (χ3n) is 6.96. The Hall–Kier alpha value is -1.38. The summed E-state index contributed by atoms with van der Waals surface area (Å²) in [5.41, 5.74) is 1.61. The van der Waals surface area contributed by atoms with Crippen LogP contribution in [0.1, 0.15) is 46.0 Å². The van der Waals surface area contributed by atoms with Gasteiger partial charge in [0, 0.05) is 12.3 Å². The Balaban J connectivity index is 1.78. The standard InChI is InChI=1S/C19H24O3/c1-4-18(2)7-5-12-11(10-18)9-14-16-15(17(21)22-14)13(20)6-8-19(12,16)3/h4,9,12,14-16H,1,5-8,10H2,2-3H3/t12-,14-,15+,16?,18-,19-/m1/s1. The van der Waals surface area contributed by atoms with Crippen LogP contribution < -0.4 is 0 Å². The van der Waals surface area contributed by atoms with Gasteiger partial charge >= 0.3 is 5.97 Å². The van der Waals surface area contributed by atoms with Crippen LogP contribution in [0.5, 0.6) is 0 Å². The lowest BCUT2D eigenvalue weighted by molar-refractivity contribution is -0.147. The number of carbonyl (C=O) groups is 2. The van der Waals surface area contributed by atoms with Crippen LogP contribution in [0, 0.1) is 28.6 Å². The molecule has 0 spiro atoms. The van der Waals surface area contributed by atoms with Crippen LogP contribution in [0.4, 0.5) is 0 Å². The van der Waals surface area contributed by atoms with Gasteiger partial charge in [-0.3, -0.25) is 9.59 Å². The molecule has 3 nitrogen and oxygen atoms in total. The van der Waals surface area contributed by atoms with E-state index >= 15 is 0 Å². The Kier molecular flexibility index (Phi) is 2.80. The molecule has 2 saturated carbocycles. The van der Waals surface area contributed by atoms with Gasteiger partial charge in [0.1, 0.15) is 17.8 Å². The lowest BCUT2D eigenvalue weighted by Gasteiger charge is -2.54. The van der Waals surface area contributed by atoms with E-state index in [1.165, 1.54) is 5.57 Å². The number of esters is 1. The van der Waals surface area contributed by atoms with E-state index in [0.717, 1.165) is 25.7 Å². The predicted molar refractivity (Wildman–Crippen MR) is 82.9 cm³/mol. The SMILES string of the molecule is C=C[C@]1(C)CC[C@@H]2C(=C[C@H]3OC(=O)[C@H]4C(=O)CC[C@@]2(C)C43)C1. The van der Waals surface area contributed by atoms with Gasteiger partial charge in [0.05, 0.1) is 0 Å². The molecule has 0 aromatic heterocycles. The normalized spacial score (nSPS) is 49.8. The van der Waals surface area contributed by atoms with Crippen LogP contribution in [0.2, 0.25) is 0 Å². The molecule has 4 rings (SSSR count). The molecule has 3 fully saturated rings. The van der Waals surface area contributed by atoms with Gasteiger partial charge in [-0.2, -0.15) is 0 Å². The average Bonchev–Trinajstić information content (AvgIpc) is 2.81. The molecule has 0 aromatic rings. The van der Waals surface area contributed by atoms with E-state index in [4.69, 9.17) is 4.74 Å². The lowest BCUT2D eigenvalue weighted by atomic mass is 9.48. The zero-order chi connectivity index (χ0) is 15.7. The minimum absolute atomic E-state index is 0.0297. The topological polar surface area (TPSA) is 43.4 Å². The summed E-state index contributed by atoms with van der Waals surface area (Å²) in [6, 6.07) is 0. The number of hydrogen-bond acceptors (Lipinski definition) is 3. The van der Waals surface area contributed by atoms with Gasteiger partial charge in [-0.15, -0.1) is 6.58 Å². The summed E-state index contributed by atoms with van der Waals surface area (Å²) in [4.78, 5) is 24.4. The fourth-order valence-corrected chi connectivity index (χ4v) is 5.61. The van der Waals surface area contributed by atoms with Crippen molar-refractivity contribution in [2.75, 3.05) is 0 Å². The van der Waals surface area contributed by atoms with Crippen molar-refractivity contribution in [2.45, 2.75) is 52.1 Å². The summed E-state index contributed by atoms with van der Waals surface area (Å²) in [7, 11) is 0. The highest BCUT2D eigenvalue weighted by molar-refractivity contribution is 6.01. The van der Waals surface area contributed by atoms with Crippen molar-refractivity contribution >= 4 is 11.8 Å². The average molecular weight is 300 g/mol. The molecule has 0 amide bonds. The number of carbonyl (C=O) groups excluding carboxylic acids is 2. The molecule has 22 heavy (non-hydrogen) atoms. The van der Waals surface area contributed by atoms with E-state index < -0.39 is 5.92 Å². The number of ether oxygens (including phenoxy) is 1. The van der Waals surface area contributed by atoms with Gasteiger partial charge < -0.3 is 4.74 Å². The largest absolute Gasteiger partial charge is 0.457 e. The Bertz CT molecular complexity index is 604. The third-order valence-corrected chi connectivity index (χ3v) is 6.96. The first-order valence-corrected chi connectivity index (χ1v) is 8.45. The number of Topliss-reactive ketones (excluding diaryl/α,β-unsaturated/α-hetero) is 1. The fourth-order valence-electron chi connectivity index (χ4n) is 5.61. The van der Waals surface area contributed by atoms with Gasteiger partial charge in [-0.05, 0) is 48.5 Å². The maximum Gasteiger partial charge on any atom is 0.317 e. The Labute approximate surface area is 131 Å². The second-order valence-electron chi connectivity index (χ2n) is 8.24. The maximum atomic E-state index is 12.2. The molecule has 1 aliphatic heterocycles. The van der Waals surface area contributed by atoms with E-state index in [1.54, 1.807) is 0 Å². The van der Waals surface area contributed by atoms with Gasteiger partial charge in [-0.1, -0.05) is 25.5 Å². The zero-order valence-corrected chi connectivity index (χ0v) is 13.4. The second kappa shape index (κ2) is 4.33. The Morgan fingerprint density at radius 3 is 2.82 bits per heavy atom. The summed E-state index contributed by atoms with van der Waals surface area (Å²) in [5, 5.41) is 0. The lowest BCUT2D eigenvalue weighted by Crippen LogP contribution is -2.52. The van der Waals surface area contributed by atoms with Gasteiger partial charge in [-0.25, -0.2) is 0 Å². The Morgan fingerprint density at radius 1 is 1.32 bits per heavy atom. The van der Waals surface area contributed by atoms with Crippen molar-refractivity contribution in [3.63, 3.8) is 0 Å². The molecule has 118 valence electrons. The highest BCUT2D eigenvalue weighted by Crippen LogP contribution is 2.62. The molecule has 0 N–H and O–H groups in total. The molecular weight excluding hydrogens is 276 g/mol. The molecule has 0 radical (unpaired) electrons. The molecule has 0 bridgehead atoms. The molecule has 6 atom stereocenters. The summed E-state index contributed by atoms with van der Waals surface area (Å²) in [5.74, 6) is -0.143. The van der Waals surface area contributed by atoms with Crippen LogP contribution in [0.15, 0.2) is 24.3 Å². The van der Waals surface area contributed by atoms with Crippen molar-refractivity contribution in [3.8, 4) is 0 Å². The molecule has 0 aromatic carbocycles. The Morgan fingerprint density at radius 2 is 2.09 bits per heavy atom. The summed E-state index contributed by atoms with van der Waals surface area (Å²) in [6.45, 7) is 8.56. The minimum atomic E-state index is -0.505. The van der Waals surface area contributed by atoms with Gasteiger partial charge in [0.25, 0.3) is 0 Å². The highest BCUT2D eigenvalue weighted by Gasteiger charge is 2.63. The first-order chi connectivity index (χ1) is 10.4. The molecule has 1 unspecified atom stereocenters. The first-order valence-electron chi connectivity index (χ1n) is 8.45. The van der Waals surface area contributed by atoms with Crippen LogP contribution in [-0.4, -0.2) is 17.9 Å². The van der Waals surface area contributed by atoms with Crippen molar-refractivity contribution in [2.24, 2.45) is 28.6 Å². The summed E-state index contributed by atoms with van der Waals surface area (Å²) < 4.78 is 5.60. The van der Waals surface area contributed by atoms with E-state index in [9.17, 15) is 9.59 Å². The van der Waals surface area contributed by atoms with E-state index in [-0.39, 0.29) is 34.6 Å². The van der Waals surface area contributed by atoms with Crippen LogP contribution in [-0.2, 0) is 14.3 Å². The quantitative estimate of drug-likeness (QED) is 0.423. The van der Waals surface area contributed by atoms with E-state index in [1.807, 2.05) is 0 Å². The maximum absolute atomic E-state index is 12.2. The molecule has 4 aliphatic rings. The smallest absolute Gasteiger partial charge is 0.317 e. The summed E-state index contributed by atoms with van der Waals surface area (Å²) in [6.07, 6.45) is 8.76. The first kappa shape index (κ1) is 14.2. The molecule has 3 heteroatoms. The van der Waals surface area contributed by atoms with Crippen molar-refractivity contribution in [3.05, 3.63) is 24.3 Å². The molecule has 1 saturated heterocycles. The van der Waals surface area contributed by atoms with Gasteiger partial charge in [0.15, 0.2) is 0 Å². The van der Waals surface area contributed by atoms with Crippen molar-refractivity contribution in [1.82, 2.24) is 0 Å². The second-order valence-corrected chi connectivity index (χ2v) is 8.24. The van der Waals surface area contributed by atoms with Crippen molar-refractivity contribution in [1.29, 1.82) is 0 Å². The minimum Gasteiger partial charge on any atom is -0.457 e. The number of allylic oxidation sites excluding steroid dienone is 2. The van der Waals surface area contributed by atoms with Crippen LogP contribution >= 0.6 is 0 Å². The molecular formula is C19H24O3. The number of hydrogen-bond donors (Lipinski definition) is 0. The molecule has 1 heterocycles. The van der Waals surface area contributed by atoms with Gasteiger partial charge in [0.2, 0.25) is 0 Å². The third kappa shape index (κ3) is 1.68. The van der Waals surface area contributed by atoms with E-state index in [2.05, 4.69) is 32.6 Å². The number of ketones is 1. The number of fused-ring (bicyclic) bond motifs is 2. The fraction of sp³-hybridized carbons (Fsp3) is 0.684. The molecule has 3 aliphatic carbocycles. The summed E-state index contributed by atoms with van der Waals surface area (Å²) >= 11 is 0. The monoisotopic (exact) mass is 300 g/mol.